The van der Waals surface area contributed by atoms with Gasteiger partial charge in [0.15, 0.2) is 0 Å². The zero-order chi connectivity index (χ0) is 17.4. The third kappa shape index (κ3) is 2.93. The van der Waals surface area contributed by atoms with Crippen LogP contribution in [-0.2, 0) is 13.5 Å². The number of benzene rings is 1. The summed E-state index contributed by atoms with van der Waals surface area (Å²) in [4.78, 5) is 12.6. The van der Waals surface area contributed by atoms with E-state index in [1.807, 2.05) is 17.9 Å². The third-order valence-corrected chi connectivity index (χ3v) is 4.64. The van der Waals surface area contributed by atoms with E-state index in [1.165, 1.54) is 17.8 Å². The number of carbonyl (C=O) groups excluding carboxylic acids is 1. The maximum absolute atomic E-state index is 13.0. The van der Waals surface area contributed by atoms with Gasteiger partial charge in [0.1, 0.15) is 11.5 Å². The summed E-state index contributed by atoms with van der Waals surface area (Å²) < 4.78 is 14.9. The van der Waals surface area contributed by atoms with Gasteiger partial charge < -0.3 is 5.32 Å². The number of H-pyrrole nitrogens is 1. The van der Waals surface area contributed by atoms with E-state index in [2.05, 4.69) is 20.6 Å². The van der Waals surface area contributed by atoms with Gasteiger partial charge in [-0.1, -0.05) is 0 Å². The van der Waals surface area contributed by atoms with Crippen LogP contribution < -0.4 is 5.32 Å². The first-order valence-electron chi connectivity index (χ1n) is 8.25. The number of hydrogen-bond donors (Lipinski definition) is 2. The average Bonchev–Trinajstić information content (AvgIpc) is 3.24. The van der Waals surface area contributed by atoms with Gasteiger partial charge in [-0.25, -0.2) is 4.39 Å². The van der Waals surface area contributed by atoms with Gasteiger partial charge in [0.05, 0.1) is 17.9 Å². The molecular weight excluding hydrogens is 321 g/mol. The summed E-state index contributed by atoms with van der Waals surface area (Å²) in [7, 11) is 1.92. The van der Waals surface area contributed by atoms with Crippen LogP contribution in [0.5, 0.6) is 0 Å². The molecule has 0 radical (unpaired) electrons. The molecule has 6 nitrogen and oxygen atoms in total. The third-order valence-electron chi connectivity index (χ3n) is 4.64. The number of carbonyl (C=O) groups is 1. The highest BCUT2D eigenvalue weighted by Gasteiger charge is 2.25. The van der Waals surface area contributed by atoms with Crippen molar-refractivity contribution in [2.75, 3.05) is 0 Å². The number of fused-ring (bicyclic) bond motifs is 1. The molecule has 1 amide bonds. The van der Waals surface area contributed by atoms with Crippen LogP contribution in [0.15, 0.2) is 36.5 Å². The summed E-state index contributed by atoms with van der Waals surface area (Å²) in [6.45, 7) is 0. The van der Waals surface area contributed by atoms with Crippen molar-refractivity contribution in [2.24, 2.45) is 7.05 Å². The van der Waals surface area contributed by atoms with E-state index < -0.39 is 0 Å². The zero-order valence-electron chi connectivity index (χ0n) is 13.8. The van der Waals surface area contributed by atoms with Crippen LogP contribution in [0.25, 0.3) is 11.3 Å². The van der Waals surface area contributed by atoms with Crippen molar-refractivity contribution in [2.45, 2.75) is 25.3 Å². The Labute approximate surface area is 144 Å². The van der Waals surface area contributed by atoms with Gasteiger partial charge in [-0.2, -0.15) is 10.2 Å². The lowest BCUT2D eigenvalue weighted by atomic mass is 9.93. The molecule has 2 heterocycles. The molecule has 128 valence electrons. The van der Waals surface area contributed by atoms with Crippen LogP contribution in [-0.4, -0.2) is 25.9 Å². The molecule has 2 aromatic heterocycles. The first kappa shape index (κ1) is 15.6. The summed E-state index contributed by atoms with van der Waals surface area (Å²) in [5.41, 5.74) is 4.00. The van der Waals surface area contributed by atoms with Crippen LogP contribution in [0.4, 0.5) is 4.39 Å². The Bertz CT molecular complexity index is 912. The number of nitrogens with zero attached hydrogens (tertiary/aromatic N) is 3. The summed E-state index contributed by atoms with van der Waals surface area (Å²) in [6, 6.07) is 7.65. The summed E-state index contributed by atoms with van der Waals surface area (Å²) in [5, 5.41) is 14.3. The summed E-state index contributed by atoms with van der Waals surface area (Å²) in [6.07, 6.45) is 4.72. The second-order valence-corrected chi connectivity index (χ2v) is 6.26. The predicted molar refractivity (Wildman–Crippen MR) is 90.3 cm³/mol. The van der Waals surface area contributed by atoms with E-state index in [-0.39, 0.29) is 17.8 Å². The number of hydrogen-bond acceptors (Lipinski definition) is 3. The normalized spacial score (nSPS) is 16.5. The Morgan fingerprint density at radius 1 is 1.36 bits per heavy atom. The maximum atomic E-state index is 13.0. The fraction of sp³-hybridized carbons (Fsp3) is 0.278. The molecule has 1 aromatic carbocycles. The molecule has 0 bridgehead atoms. The summed E-state index contributed by atoms with van der Waals surface area (Å²) in [5.74, 6) is -0.510. The van der Waals surface area contributed by atoms with Gasteiger partial charge >= 0.3 is 0 Å². The van der Waals surface area contributed by atoms with Crippen molar-refractivity contribution in [3.63, 3.8) is 0 Å². The fourth-order valence-electron chi connectivity index (χ4n) is 3.30. The molecule has 0 unspecified atom stereocenters. The molecule has 0 aliphatic heterocycles. The van der Waals surface area contributed by atoms with Crippen LogP contribution >= 0.6 is 0 Å². The van der Waals surface area contributed by atoms with Crippen molar-refractivity contribution < 1.29 is 9.18 Å². The number of aryl methyl sites for hydroxylation is 1. The SMILES string of the molecule is Cn1ncc2c1CCC[C@H]2NC(=O)c1cc(-c2ccc(F)cc2)n[nH]1. The second-order valence-electron chi connectivity index (χ2n) is 6.26. The lowest BCUT2D eigenvalue weighted by Gasteiger charge is -2.23. The number of rotatable bonds is 3. The molecule has 3 aromatic rings. The van der Waals surface area contributed by atoms with Crippen LogP contribution in [0.1, 0.15) is 40.6 Å². The molecule has 0 saturated heterocycles. The zero-order valence-corrected chi connectivity index (χ0v) is 13.8. The van der Waals surface area contributed by atoms with Gasteiger partial charge in [-0.05, 0) is 49.6 Å². The molecular formula is C18H18FN5O. The fourth-order valence-corrected chi connectivity index (χ4v) is 3.30. The van der Waals surface area contributed by atoms with E-state index in [0.717, 1.165) is 30.4 Å². The minimum absolute atomic E-state index is 0.0393. The predicted octanol–water partition coefficient (Wildman–Crippen LogP) is 2.76. The molecule has 2 N–H and O–H groups in total. The average molecular weight is 339 g/mol. The van der Waals surface area contributed by atoms with Gasteiger partial charge in [0.25, 0.3) is 5.91 Å². The summed E-state index contributed by atoms with van der Waals surface area (Å²) >= 11 is 0. The van der Waals surface area contributed by atoms with Gasteiger partial charge in [0, 0.05) is 23.9 Å². The van der Waals surface area contributed by atoms with E-state index in [9.17, 15) is 9.18 Å². The van der Waals surface area contributed by atoms with Crippen LogP contribution in [0.2, 0.25) is 0 Å². The van der Waals surface area contributed by atoms with E-state index in [4.69, 9.17) is 0 Å². The highest BCUT2D eigenvalue weighted by molar-refractivity contribution is 5.93. The Balaban J connectivity index is 1.52. The van der Waals surface area contributed by atoms with Gasteiger partial charge in [-0.15, -0.1) is 0 Å². The Kier molecular flexibility index (Phi) is 3.83. The first-order valence-corrected chi connectivity index (χ1v) is 8.25. The number of aromatic amines is 1. The van der Waals surface area contributed by atoms with E-state index in [0.29, 0.717) is 11.4 Å². The monoisotopic (exact) mass is 339 g/mol. The quantitative estimate of drug-likeness (QED) is 0.770. The largest absolute Gasteiger partial charge is 0.344 e. The Morgan fingerprint density at radius 2 is 2.16 bits per heavy atom. The molecule has 0 fully saturated rings. The minimum Gasteiger partial charge on any atom is -0.344 e. The van der Waals surface area contributed by atoms with Crippen LogP contribution in [0.3, 0.4) is 0 Å². The highest BCUT2D eigenvalue weighted by Crippen LogP contribution is 2.29. The topological polar surface area (TPSA) is 75.6 Å². The lowest BCUT2D eigenvalue weighted by Crippen LogP contribution is -2.31. The molecule has 1 aliphatic carbocycles. The molecule has 0 saturated carbocycles. The van der Waals surface area contributed by atoms with E-state index in [1.54, 1.807) is 18.2 Å². The standard InChI is InChI=1S/C18H18FN5O/c1-24-17-4-2-3-14(13(17)10-20-24)21-18(25)16-9-15(22-23-16)11-5-7-12(19)8-6-11/h5-10,14H,2-4H2,1H3,(H,21,25)(H,22,23)/t14-/m1/s1. The molecule has 7 heteroatoms. The molecule has 1 aliphatic rings. The number of nitrogens with one attached hydrogen (secondary N) is 2. The van der Waals surface area contributed by atoms with Gasteiger partial charge in [0.2, 0.25) is 0 Å². The lowest BCUT2D eigenvalue weighted by molar-refractivity contribution is 0.0927. The smallest absolute Gasteiger partial charge is 0.269 e. The Hall–Kier alpha value is -2.96. The van der Waals surface area contributed by atoms with Crippen molar-refractivity contribution >= 4 is 5.91 Å². The highest BCUT2D eigenvalue weighted by atomic mass is 19.1. The van der Waals surface area contributed by atoms with Crippen molar-refractivity contribution in [3.8, 4) is 11.3 Å². The molecule has 4 rings (SSSR count). The maximum Gasteiger partial charge on any atom is 0.269 e. The first-order chi connectivity index (χ1) is 12.1. The molecule has 1 atom stereocenters. The van der Waals surface area contributed by atoms with Crippen molar-refractivity contribution in [1.82, 2.24) is 25.3 Å². The Morgan fingerprint density at radius 3 is 2.96 bits per heavy atom. The second kappa shape index (κ2) is 6.16. The number of aromatic nitrogens is 4. The number of halogens is 1. The molecule has 0 spiro atoms. The molecule has 25 heavy (non-hydrogen) atoms. The van der Waals surface area contributed by atoms with Gasteiger partial charge in [-0.3, -0.25) is 14.6 Å². The minimum atomic E-state index is -0.304. The van der Waals surface area contributed by atoms with Crippen molar-refractivity contribution in [3.05, 3.63) is 59.3 Å². The van der Waals surface area contributed by atoms with Crippen LogP contribution in [0, 0.1) is 5.82 Å². The number of amides is 1. The van der Waals surface area contributed by atoms with E-state index >= 15 is 0 Å². The van der Waals surface area contributed by atoms with Crippen molar-refractivity contribution in [1.29, 1.82) is 0 Å².